The largest absolute Gasteiger partial charge is 0.367 e. The van der Waals surface area contributed by atoms with Gasteiger partial charge in [0.1, 0.15) is 22.4 Å². The number of aromatic nitrogens is 2. The van der Waals surface area contributed by atoms with Gasteiger partial charge in [0, 0.05) is 6.54 Å². The Bertz CT molecular complexity index is 993. The van der Waals surface area contributed by atoms with E-state index in [2.05, 4.69) is 10.6 Å². The van der Waals surface area contributed by atoms with Gasteiger partial charge >= 0.3 is 0 Å². The standard InChI is InChI=1S/C25H29ClFN3O/c1-17-22(26)29-23(30(17)14-18-2-3-18)25(31-15-19-4-5-19)12-10-24(16-28,11-13-25)20-6-8-21(27)9-7-20/h6-9,18-19H,2-5,10-15H2,1H3. The first kappa shape index (κ1) is 21.0. The van der Waals surface area contributed by atoms with E-state index in [9.17, 15) is 9.65 Å². The van der Waals surface area contributed by atoms with Gasteiger partial charge in [-0.15, -0.1) is 0 Å². The molecule has 6 heteroatoms. The van der Waals surface area contributed by atoms with Crippen LogP contribution in [-0.4, -0.2) is 16.2 Å². The molecule has 3 aliphatic carbocycles. The molecule has 0 saturated heterocycles. The molecule has 0 bridgehead atoms. The highest BCUT2D eigenvalue weighted by Crippen LogP contribution is 2.50. The summed E-state index contributed by atoms with van der Waals surface area (Å²) in [7, 11) is 0. The first-order valence-corrected chi connectivity index (χ1v) is 11.9. The van der Waals surface area contributed by atoms with Gasteiger partial charge in [0.25, 0.3) is 0 Å². The molecular formula is C25H29ClFN3O. The van der Waals surface area contributed by atoms with Gasteiger partial charge < -0.3 is 9.30 Å². The molecule has 3 saturated carbocycles. The maximum absolute atomic E-state index is 13.5. The van der Waals surface area contributed by atoms with Crippen molar-refractivity contribution in [3.8, 4) is 6.07 Å². The lowest BCUT2D eigenvalue weighted by atomic mass is 9.65. The molecule has 3 aliphatic rings. The monoisotopic (exact) mass is 441 g/mol. The second kappa shape index (κ2) is 7.90. The lowest BCUT2D eigenvalue weighted by molar-refractivity contribution is -0.0960. The van der Waals surface area contributed by atoms with Crippen molar-refractivity contribution in [2.75, 3.05) is 6.61 Å². The van der Waals surface area contributed by atoms with E-state index in [0.29, 0.717) is 42.7 Å². The fourth-order valence-corrected chi connectivity index (χ4v) is 5.13. The van der Waals surface area contributed by atoms with E-state index in [-0.39, 0.29) is 5.82 Å². The van der Waals surface area contributed by atoms with Gasteiger partial charge in [-0.3, -0.25) is 0 Å². The van der Waals surface area contributed by atoms with Crippen molar-refractivity contribution >= 4 is 11.6 Å². The average Bonchev–Trinajstić information content (AvgIpc) is 3.70. The molecule has 1 aromatic heterocycles. The number of nitriles is 1. The van der Waals surface area contributed by atoms with Gasteiger partial charge in [-0.1, -0.05) is 23.7 Å². The predicted molar refractivity (Wildman–Crippen MR) is 117 cm³/mol. The van der Waals surface area contributed by atoms with Crippen LogP contribution in [0.15, 0.2) is 24.3 Å². The normalized spacial score (nSPS) is 28.5. The topological polar surface area (TPSA) is 50.8 Å². The number of hydrogen-bond donors (Lipinski definition) is 0. The van der Waals surface area contributed by atoms with Crippen LogP contribution >= 0.6 is 11.6 Å². The van der Waals surface area contributed by atoms with Crippen LogP contribution in [0.1, 0.15) is 68.4 Å². The van der Waals surface area contributed by atoms with Gasteiger partial charge in [0.2, 0.25) is 0 Å². The van der Waals surface area contributed by atoms with E-state index >= 15 is 0 Å². The summed E-state index contributed by atoms with van der Waals surface area (Å²) in [6.45, 7) is 3.72. The van der Waals surface area contributed by atoms with Crippen molar-refractivity contribution in [2.24, 2.45) is 11.8 Å². The first-order valence-electron chi connectivity index (χ1n) is 11.5. The molecule has 0 radical (unpaired) electrons. The van der Waals surface area contributed by atoms with Crippen LogP contribution in [0.4, 0.5) is 4.39 Å². The number of rotatable bonds is 7. The van der Waals surface area contributed by atoms with Gasteiger partial charge in [-0.2, -0.15) is 5.26 Å². The molecule has 0 aliphatic heterocycles. The second-order valence-electron chi connectivity index (χ2n) is 9.82. The SMILES string of the molecule is Cc1c(Cl)nc(C2(OCC3CC3)CCC(C#N)(c3ccc(F)cc3)CC2)n1CC1CC1. The maximum Gasteiger partial charge on any atom is 0.150 e. The van der Waals surface area contributed by atoms with Crippen molar-refractivity contribution < 1.29 is 9.13 Å². The minimum Gasteiger partial charge on any atom is -0.367 e. The van der Waals surface area contributed by atoms with E-state index in [0.717, 1.165) is 30.2 Å². The van der Waals surface area contributed by atoms with Crippen LogP contribution in [0.25, 0.3) is 0 Å². The quantitative estimate of drug-likeness (QED) is 0.525. The van der Waals surface area contributed by atoms with E-state index < -0.39 is 11.0 Å². The molecule has 4 nitrogen and oxygen atoms in total. The molecule has 3 fully saturated rings. The molecule has 0 unspecified atom stereocenters. The van der Waals surface area contributed by atoms with E-state index in [4.69, 9.17) is 21.3 Å². The fraction of sp³-hybridized carbons (Fsp3) is 0.600. The molecule has 0 amide bonds. The lowest BCUT2D eigenvalue weighted by Gasteiger charge is -2.43. The number of halogens is 2. The highest BCUT2D eigenvalue weighted by molar-refractivity contribution is 6.30. The lowest BCUT2D eigenvalue weighted by Crippen LogP contribution is -2.43. The summed E-state index contributed by atoms with van der Waals surface area (Å²) in [5.74, 6) is 2.00. The van der Waals surface area contributed by atoms with Crippen LogP contribution < -0.4 is 0 Å². The Hall–Kier alpha value is -1.90. The minimum atomic E-state index is -0.618. The maximum atomic E-state index is 13.5. The molecule has 1 heterocycles. The van der Waals surface area contributed by atoms with Crippen LogP contribution in [0.5, 0.6) is 0 Å². The summed E-state index contributed by atoms with van der Waals surface area (Å²) in [4.78, 5) is 4.81. The number of imidazole rings is 1. The van der Waals surface area contributed by atoms with Crippen molar-refractivity contribution in [1.29, 1.82) is 5.26 Å². The smallest absolute Gasteiger partial charge is 0.150 e. The fourth-order valence-electron chi connectivity index (χ4n) is 4.94. The van der Waals surface area contributed by atoms with Crippen molar-refractivity contribution in [1.82, 2.24) is 9.55 Å². The van der Waals surface area contributed by atoms with Gasteiger partial charge in [-0.05, 0) is 87.8 Å². The molecule has 0 N–H and O–H groups in total. The molecule has 164 valence electrons. The predicted octanol–water partition coefficient (Wildman–Crippen LogP) is 6.05. The average molecular weight is 442 g/mol. The number of benzene rings is 1. The van der Waals surface area contributed by atoms with Crippen molar-refractivity contribution in [3.63, 3.8) is 0 Å². The summed E-state index contributed by atoms with van der Waals surface area (Å²) in [5.41, 5.74) is 0.763. The third-order valence-electron chi connectivity index (χ3n) is 7.52. The number of ether oxygens (including phenoxy) is 1. The Labute approximate surface area is 188 Å². The summed E-state index contributed by atoms with van der Waals surface area (Å²) in [6, 6.07) is 8.97. The Morgan fingerprint density at radius 3 is 2.35 bits per heavy atom. The zero-order valence-electron chi connectivity index (χ0n) is 18.0. The Morgan fingerprint density at radius 1 is 1.13 bits per heavy atom. The van der Waals surface area contributed by atoms with Crippen molar-refractivity contribution in [2.45, 2.75) is 75.9 Å². The molecular weight excluding hydrogens is 413 g/mol. The summed E-state index contributed by atoms with van der Waals surface area (Å²) >= 11 is 6.51. The zero-order chi connectivity index (χ0) is 21.6. The zero-order valence-corrected chi connectivity index (χ0v) is 18.8. The molecule has 5 rings (SSSR count). The second-order valence-corrected chi connectivity index (χ2v) is 10.2. The summed E-state index contributed by atoms with van der Waals surface area (Å²) < 4.78 is 22.4. The highest BCUT2D eigenvalue weighted by atomic mass is 35.5. The van der Waals surface area contributed by atoms with Crippen molar-refractivity contribution in [3.05, 3.63) is 52.3 Å². The Kier molecular flexibility index (Phi) is 5.35. The summed E-state index contributed by atoms with van der Waals surface area (Å²) in [6.07, 6.45) is 7.71. The molecule has 31 heavy (non-hydrogen) atoms. The first-order chi connectivity index (χ1) is 14.9. The van der Waals surface area contributed by atoms with Crippen LogP contribution in [0, 0.1) is 35.9 Å². The molecule has 2 aromatic rings. The Morgan fingerprint density at radius 2 is 1.77 bits per heavy atom. The third-order valence-corrected chi connectivity index (χ3v) is 7.88. The van der Waals surface area contributed by atoms with E-state index in [1.165, 1.54) is 37.8 Å². The summed E-state index contributed by atoms with van der Waals surface area (Å²) in [5, 5.41) is 10.7. The Balaban J connectivity index is 1.47. The number of hydrogen-bond acceptors (Lipinski definition) is 3. The molecule has 0 spiro atoms. The van der Waals surface area contributed by atoms with Crippen LogP contribution in [-0.2, 0) is 22.3 Å². The third kappa shape index (κ3) is 4.01. The van der Waals surface area contributed by atoms with Gasteiger partial charge in [-0.25, -0.2) is 9.37 Å². The molecule has 1 aromatic carbocycles. The van der Waals surface area contributed by atoms with E-state index in [1.54, 1.807) is 12.1 Å². The van der Waals surface area contributed by atoms with Crippen LogP contribution in [0.3, 0.4) is 0 Å². The molecule has 0 atom stereocenters. The highest BCUT2D eigenvalue weighted by Gasteiger charge is 2.49. The van der Waals surface area contributed by atoms with E-state index in [1.807, 2.05) is 6.92 Å². The van der Waals surface area contributed by atoms with Crippen LogP contribution in [0.2, 0.25) is 5.15 Å². The van der Waals surface area contributed by atoms with Gasteiger partial charge in [0.15, 0.2) is 0 Å². The van der Waals surface area contributed by atoms with Gasteiger partial charge in [0.05, 0.1) is 23.8 Å². The number of nitrogens with zero attached hydrogens (tertiary/aromatic N) is 3. The minimum absolute atomic E-state index is 0.276.